The molecule has 0 aliphatic heterocycles. The molecule has 0 aliphatic carbocycles. The molecule has 0 spiro atoms. The molecule has 4 aromatic rings. The van der Waals surface area contributed by atoms with E-state index in [1.54, 1.807) is 56.9 Å². The van der Waals surface area contributed by atoms with Gasteiger partial charge in [-0.3, -0.25) is 10.3 Å². The van der Waals surface area contributed by atoms with E-state index in [2.05, 4.69) is 20.3 Å². The second-order valence-electron chi connectivity index (χ2n) is 6.57. The summed E-state index contributed by atoms with van der Waals surface area (Å²) in [6.45, 7) is 0.559. The summed E-state index contributed by atoms with van der Waals surface area (Å²) in [6, 6.07) is 18.6. The number of pyridine rings is 2. The SMILES string of the molecule is Cl.NNC(=O)OCCSSc1ccccn1.O=C(OCCSSc1ccccn1)On1nnc2ccccc21. The molecule has 0 saturated heterocycles. The molecule has 1 aromatic carbocycles. The first-order valence-corrected chi connectivity index (χ1v) is 15.5. The van der Waals surface area contributed by atoms with Crippen LogP contribution < -0.4 is 16.1 Å². The number of aromatic nitrogens is 5. The molecule has 0 saturated carbocycles. The van der Waals surface area contributed by atoms with Crippen molar-refractivity contribution in [2.75, 3.05) is 24.7 Å². The minimum Gasteiger partial charge on any atom is -0.448 e. The number of amides is 1. The van der Waals surface area contributed by atoms with Gasteiger partial charge in [-0.05, 0) is 63.2 Å². The third-order valence-electron chi connectivity index (χ3n) is 3.95. The summed E-state index contributed by atoms with van der Waals surface area (Å²) in [5.74, 6) is 6.14. The van der Waals surface area contributed by atoms with Crippen LogP contribution in [-0.4, -0.2) is 62.1 Å². The fourth-order valence-electron chi connectivity index (χ4n) is 2.38. The topological polar surface area (TPSA) is 156 Å². The number of nitrogens with two attached hydrogens (primary N) is 1. The molecule has 0 bridgehead atoms. The Morgan fingerprint density at radius 2 is 1.44 bits per heavy atom. The monoisotopic (exact) mass is 629 g/mol. The van der Waals surface area contributed by atoms with Gasteiger partial charge in [0.25, 0.3) is 0 Å². The van der Waals surface area contributed by atoms with Gasteiger partial charge in [0.05, 0.1) is 0 Å². The van der Waals surface area contributed by atoms with Gasteiger partial charge in [0.2, 0.25) is 0 Å². The Morgan fingerprint density at radius 1 is 0.846 bits per heavy atom. The summed E-state index contributed by atoms with van der Waals surface area (Å²) in [7, 11) is 6.18. The Hall–Kier alpha value is -2.89. The number of benzene rings is 1. The fourth-order valence-corrected chi connectivity index (χ4v) is 5.79. The predicted molar refractivity (Wildman–Crippen MR) is 156 cm³/mol. The Morgan fingerprint density at radius 3 is 2.03 bits per heavy atom. The van der Waals surface area contributed by atoms with E-state index >= 15 is 0 Å². The number of hydrogen-bond acceptors (Lipinski definition) is 14. The molecule has 3 N–H and O–H groups in total. The van der Waals surface area contributed by atoms with E-state index in [4.69, 9.17) is 20.2 Å². The average Bonchev–Trinajstić information content (AvgIpc) is 3.36. The van der Waals surface area contributed by atoms with E-state index in [1.807, 2.05) is 54.0 Å². The molecule has 3 heterocycles. The van der Waals surface area contributed by atoms with E-state index in [0.29, 0.717) is 29.1 Å². The minimum atomic E-state index is -0.816. The van der Waals surface area contributed by atoms with Crippen molar-refractivity contribution in [1.29, 1.82) is 0 Å². The van der Waals surface area contributed by atoms with Crippen LogP contribution in [0.25, 0.3) is 11.0 Å². The smallest absolute Gasteiger partial charge is 0.448 e. The molecule has 1 amide bonds. The van der Waals surface area contributed by atoms with Crippen LogP contribution in [-0.2, 0) is 9.47 Å². The molecule has 17 heteroatoms. The average molecular weight is 630 g/mol. The maximum atomic E-state index is 11.6. The number of hydrogen-bond donors (Lipinski definition) is 2. The van der Waals surface area contributed by atoms with E-state index in [9.17, 15) is 9.59 Å². The van der Waals surface area contributed by atoms with Gasteiger partial charge >= 0.3 is 12.2 Å². The van der Waals surface area contributed by atoms with Crippen LogP contribution in [0.15, 0.2) is 83.1 Å². The third kappa shape index (κ3) is 12.7. The lowest BCUT2D eigenvalue weighted by molar-refractivity contribution is 0.0434. The van der Waals surface area contributed by atoms with Gasteiger partial charge in [-0.2, -0.15) is 0 Å². The molecule has 4 rings (SSSR count). The van der Waals surface area contributed by atoms with Crippen LogP contribution in [0.5, 0.6) is 0 Å². The maximum absolute atomic E-state index is 11.6. The van der Waals surface area contributed by atoms with Crippen molar-refractivity contribution in [2.24, 2.45) is 5.84 Å². The lowest BCUT2D eigenvalue weighted by atomic mass is 10.3. The van der Waals surface area contributed by atoms with Crippen LogP contribution in [0.1, 0.15) is 0 Å². The van der Waals surface area contributed by atoms with Crippen LogP contribution in [0.3, 0.4) is 0 Å². The number of hydrazine groups is 1. The van der Waals surface area contributed by atoms with Crippen molar-refractivity contribution >= 4 is 78.9 Å². The molecule has 0 radical (unpaired) electrons. The summed E-state index contributed by atoms with van der Waals surface area (Å²) in [5.41, 5.74) is 3.13. The molecular weight excluding hydrogens is 606 g/mol. The normalized spacial score (nSPS) is 9.97. The van der Waals surface area contributed by atoms with Crippen molar-refractivity contribution in [3.63, 3.8) is 0 Å². The van der Waals surface area contributed by atoms with Gasteiger partial charge < -0.3 is 9.47 Å². The first kappa shape index (κ1) is 32.3. The first-order valence-electron chi connectivity index (χ1n) is 10.9. The molecule has 39 heavy (non-hydrogen) atoms. The molecule has 3 aromatic heterocycles. The summed E-state index contributed by atoms with van der Waals surface area (Å²) in [6.07, 6.45) is 2.04. The largest absolute Gasteiger partial charge is 0.535 e. The highest BCUT2D eigenvalue weighted by atomic mass is 35.5. The zero-order valence-electron chi connectivity index (χ0n) is 20.2. The summed E-state index contributed by atoms with van der Waals surface area (Å²) in [5, 5.41) is 9.47. The highest BCUT2D eigenvalue weighted by Crippen LogP contribution is 2.29. The Balaban J connectivity index is 0.000000292. The molecule has 0 unspecified atom stereocenters. The summed E-state index contributed by atoms with van der Waals surface area (Å²) >= 11 is 0. The lowest BCUT2D eigenvalue weighted by Gasteiger charge is -2.04. The van der Waals surface area contributed by atoms with Crippen LogP contribution in [0, 0.1) is 0 Å². The van der Waals surface area contributed by atoms with Gasteiger partial charge in [-0.25, -0.2) is 25.4 Å². The number of carbonyl (C=O) groups is 2. The number of nitrogens with one attached hydrogen (secondary N) is 1. The van der Waals surface area contributed by atoms with Gasteiger partial charge in [-0.15, -0.1) is 17.5 Å². The molecular formula is C22H24ClN7O5S4. The number of nitrogens with zero attached hydrogens (tertiary/aromatic N) is 5. The number of halogens is 1. The number of carbonyl (C=O) groups excluding carboxylic acids is 2. The van der Waals surface area contributed by atoms with Crippen molar-refractivity contribution in [3.8, 4) is 0 Å². The zero-order chi connectivity index (χ0) is 26.8. The van der Waals surface area contributed by atoms with Gasteiger partial charge in [0.1, 0.15) is 34.3 Å². The summed E-state index contributed by atoms with van der Waals surface area (Å²) < 4.78 is 9.70. The Labute approximate surface area is 246 Å². The first-order chi connectivity index (χ1) is 18.7. The second kappa shape index (κ2) is 19.2. The number of ether oxygens (including phenoxy) is 2. The standard InChI is InChI=1S/C14H12N4O3S2.C8H11N3O2S2.ClH/c19-14(20-9-10-22-23-13-7-3-4-8-15-13)21-18-12-6-2-1-5-11(12)16-17-18;9-11-8(12)13-5-6-14-15-7-3-1-2-4-10-7;/h1-8H,9-10H2;1-4H,5-6,9H2,(H,11,12);1H. The molecule has 12 nitrogen and oxygen atoms in total. The van der Waals surface area contributed by atoms with Gasteiger partial charge in [-0.1, -0.05) is 50.7 Å². The lowest BCUT2D eigenvalue weighted by Crippen LogP contribution is -2.31. The minimum absolute atomic E-state index is 0. The van der Waals surface area contributed by atoms with E-state index in [-0.39, 0.29) is 19.0 Å². The number of para-hydroxylation sites is 1. The third-order valence-corrected chi connectivity index (χ3v) is 8.41. The maximum Gasteiger partial charge on any atom is 0.535 e. The van der Waals surface area contributed by atoms with E-state index in [0.717, 1.165) is 14.9 Å². The zero-order valence-corrected chi connectivity index (χ0v) is 24.2. The van der Waals surface area contributed by atoms with Crippen molar-refractivity contribution in [1.82, 2.24) is 30.6 Å². The van der Waals surface area contributed by atoms with Crippen molar-refractivity contribution < 1.29 is 23.9 Å². The quantitative estimate of drug-likeness (QED) is 0.0448. The van der Waals surface area contributed by atoms with E-state index in [1.165, 1.54) is 10.8 Å². The second-order valence-corrected chi connectivity index (χ2v) is 11.4. The van der Waals surface area contributed by atoms with Gasteiger partial charge in [0, 0.05) is 23.9 Å². The van der Waals surface area contributed by atoms with Gasteiger partial charge in [0.15, 0.2) is 0 Å². The molecule has 0 fully saturated rings. The Kier molecular flexibility index (Phi) is 15.9. The van der Waals surface area contributed by atoms with E-state index < -0.39 is 12.2 Å². The summed E-state index contributed by atoms with van der Waals surface area (Å²) in [4.78, 5) is 36.5. The fraction of sp³-hybridized carbons (Fsp3) is 0.182. The van der Waals surface area contributed by atoms with Crippen LogP contribution in [0.2, 0.25) is 0 Å². The molecule has 0 aliphatic rings. The highest BCUT2D eigenvalue weighted by Gasteiger charge is 2.10. The highest BCUT2D eigenvalue weighted by molar-refractivity contribution is 8.77. The molecule has 0 atom stereocenters. The number of rotatable bonds is 11. The Bertz CT molecular complexity index is 1260. The van der Waals surface area contributed by atoms with Crippen molar-refractivity contribution in [2.45, 2.75) is 10.1 Å². The number of fused-ring (bicyclic) bond motifs is 1. The van der Waals surface area contributed by atoms with Crippen LogP contribution in [0.4, 0.5) is 9.59 Å². The van der Waals surface area contributed by atoms with Crippen molar-refractivity contribution in [3.05, 3.63) is 73.1 Å². The van der Waals surface area contributed by atoms with Crippen LogP contribution >= 0.6 is 55.6 Å². The predicted octanol–water partition coefficient (Wildman–Crippen LogP) is 4.68. The molecule has 208 valence electrons.